The van der Waals surface area contributed by atoms with Crippen molar-refractivity contribution in [1.29, 1.82) is 0 Å². The van der Waals surface area contributed by atoms with E-state index in [0.29, 0.717) is 11.6 Å². The maximum Gasteiger partial charge on any atom is 0.130 e. The minimum Gasteiger partial charge on any atom is -0.487 e. The zero-order valence-corrected chi connectivity index (χ0v) is 18.7. The number of aryl methyl sites for hydroxylation is 1. The predicted molar refractivity (Wildman–Crippen MR) is 135 cm³/mol. The van der Waals surface area contributed by atoms with E-state index < -0.39 is 0 Å². The highest BCUT2D eigenvalue weighted by Crippen LogP contribution is 2.37. The Morgan fingerprint density at radius 3 is 2.73 bits per heavy atom. The lowest BCUT2D eigenvalue weighted by molar-refractivity contribution is 0.302. The molecule has 0 unspecified atom stereocenters. The van der Waals surface area contributed by atoms with E-state index in [1.165, 1.54) is 0 Å². The average molecular weight is 450 g/mol. The molecule has 33 heavy (non-hydrogen) atoms. The van der Waals surface area contributed by atoms with Crippen molar-refractivity contribution < 1.29 is 4.74 Å². The quantitative estimate of drug-likeness (QED) is 0.303. The molecule has 1 N–H and O–H groups in total. The summed E-state index contributed by atoms with van der Waals surface area (Å²) in [5, 5.41) is 4.03. The van der Waals surface area contributed by atoms with E-state index in [9.17, 15) is 0 Å². The Kier molecular flexibility index (Phi) is 4.74. The van der Waals surface area contributed by atoms with Crippen LogP contribution < -0.4 is 4.74 Å². The summed E-state index contributed by atoms with van der Waals surface area (Å²) in [6.07, 6.45) is 1.83. The van der Waals surface area contributed by atoms with Crippen molar-refractivity contribution >= 4 is 44.3 Å². The van der Waals surface area contributed by atoms with Crippen molar-refractivity contribution in [2.75, 3.05) is 0 Å². The largest absolute Gasteiger partial charge is 0.487 e. The number of nitrogens with zero attached hydrogens (tertiary/aromatic N) is 2. The SMILES string of the molecule is Cc1nccc2c1[nH]c1c(-c3cccc(OCc4ccc5ccccc5n4)c3)cc(Cl)cc12. The summed E-state index contributed by atoms with van der Waals surface area (Å²) in [5.74, 6) is 0.782. The van der Waals surface area contributed by atoms with Gasteiger partial charge in [0, 0.05) is 32.9 Å². The molecule has 4 nitrogen and oxygen atoms in total. The van der Waals surface area contributed by atoms with Crippen molar-refractivity contribution in [3.8, 4) is 16.9 Å². The molecule has 0 radical (unpaired) electrons. The molecule has 0 saturated carbocycles. The number of hydrogen-bond acceptors (Lipinski definition) is 3. The summed E-state index contributed by atoms with van der Waals surface area (Å²) in [6.45, 7) is 2.41. The highest BCUT2D eigenvalue weighted by Gasteiger charge is 2.13. The fourth-order valence-electron chi connectivity index (χ4n) is 4.35. The third kappa shape index (κ3) is 3.59. The highest BCUT2D eigenvalue weighted by molar-refractivity contribution is 6.32. The zero-order chi connectivity index (χ0) is 22.4. The first-order valence-electron chi connectivity index (χ1n) is 10.8. The van der Waals surface area contributed by atoms with Crippen molar-refractivity contribution in [3.63, 3.8) is 0 Å². The summed E-state index contributed by atoms with van der Waals surface area (Å²) >= 11 is 6.53. The van der Waals surface area contributed by atoms with E-state index in [2.05, 4.69) is 28.2 Å². The van der Waals surface area contributed by atoms with E-state index in [1.54, 1.807) is 0 Å². The molecule has 5 heteroatoms. The zero-order valence-electron chi connectivity index (χ0n) is 18.0. The van der Waals surface area contributed by atoms with Crippen LogP contribution in [0.2, 0.25) is 5.02 Å². The average Bonchev–Trinajstić information content (AvgIpc) is 3.22. The predicted octanol–water partition coefficient (Wildman–Crippen LogP) is 7.47. The summed E-state index contributed by atoms with van der Waals surface area (Å²) < 4.78 is 6.11. The van der Waals surface area contributed by atoms with Gasteiger partial charge < -0.3 is 9.72 Å². The number of hydrogen-bond donors (Lipinski definition) is 1. The second-order valence-corrected chi connectivity index (χ2v) is 8.57. The Morgan fingerprint density at radius 2 is 1.79 bits per heavy atom. The van der Waals surface area contributed by atoms with E-state index in [1.807, 2.05) is 73.8 Å². The molecule has 3 heterocycles. The minimum atomic E-state index is 0.399. The number of ether oxygens (including phenoxy) is 1. The van der Waals surface area contributed by atoms with Crippen LogP contribution in [0.1, 0.15) is 11.4 Å². The topological polar surface area (TPSA) is 50.8 Å². The van der Waals surface area contributed by atoms with Crippen LogP contribution in [0.25, 0.3) is 43.8 Å². The Balaban J connectivity index is 1.36. The van der Waals surface area contributed by atoms with Gasteiger partial charge in [0.1, 0.15) is 12.4 Å². The van der Waals surface area contributed by atoms with Crippen molar-refractivity contribution in [2.45, 2.75) is 13.5 Å². The van der Waals surface area contributed by atoms with Crippen LogP contribution in [0.5, 0.6) is 5.75 Å². The first-order valence-corrected chi connectivity index (χ1v) is 11.2. The van der Waals surface area contributed by atoms with Crippen LogP contribution in [-0.4, -0.2) is 15.0 Å². The smallest absolute Gasteiger partial charge is 0.130 e. The summed E-state index contributed by atoms with van der Waals surface area (Å²) in [6, 6.07) is 26.3. The van der Waals surface area contributed by atoms with Gasteiger partial charge in [-0.15, -0.1) is 0 Å². The van der Waals surface area contributed by atoms with Crippen molar-refractivity contribution in [1.82, 2.24) is 15.0 Å². The van der Waals surface area contributed by atoms with Gasteiger partial charge in [-0.05, 0) is 55.0 Å². The number of pyridine rings is 2. The maximum absolute atomic E-state index is 6.53. The molecule has 6 rings (SSSR count). The number of H-pyrrole nitrogens is 1. The summed E-state index contributed by atoms with van der Waals surface area (Å²) in [4.78, 5) is 12.7. The standard InChI is InChI=1S/C28H20ClN3O/c1-17-27-23(11-12-30-17)25-15-20(29)14-24(28(25)32-27)19-6-4-7-22(13-19)33-16-21-10-9-18-5-2-3-8-26(18)31-21/h2-15,32H,16H2,1H3. The van der Waals surface area contributed by atoms with Crippen molar-refractivity contribution in [3.05, 3.63) is 101 Å². The molecule has 0 amide bonds. The molecule has 0 spiro atoms. The van der Waals surface area contributed by atoms with Crippen LogP contribution in [-0.2, 0) is 6.61 Å². The van der Waals surface area contributed by atoms with Gasteiger partial charge in [-0.1, -0.05) is 48.0 Å². The van der Waals surface area contributed by atoms with Gasteiger partial charge in [0.25, 0.3) is 0 Å². The lowest BCUT2D eigenvalue weighted by atomic mass is 10.0. The molecule has 0 saturated heterocycles. The Labute approximate surface area is 195 Å². The first-order chi connectivity index (χ1) is 16.2. The van der Waals surface area contributed by atoms with Gasteiger partial charge in [0.2, 0.25) is 0 Å². The number of para-hydroxylation sites is 1. The number of nitrogens with one attached hydrogen (secondary N) is 1. The van der Waals surface area contributed by atoms with E-state index >= 15 is 0 Å². The monoisotopic (exact) mass is 449 g/mol. The third-order valence-electron chi connectivity index (χ3n) is 5.97. The van der Waals surface area contributed by atoms with Gasteiger partial charge in [-0.3, -0.25) is 4.98 Å². The molecule has 0 aliphatic rings. The Bertz CT molecular complexity index is 1650. The normalized spacial score (nSPS) is 11.5. The molecule has 160 valence electrons. The maximum atomic E-state index is 6.53. The number of aromatic nitrogens is 3. The summed E-state index contributed by atoms with van der Waals surface area (Å²) in [7, 11) is 0. The van der Waals surface area contributed by atoms with Crippen LogP contribution in [0.4, 0.5) is 0 Å². The van der Waals surface area contributed by atoms with Crippen LogP contribution in [0.15, 0.2) is 85.1 Å². The van der Waals surface area contributed by atoms with Gasteiger partial charge in [0.15, 0.2) is 0 Å². The molecule has 0 aliphatic heterocycles. The number of halogens is 1. The Morgan fingerprint density at radius 1 is 0.879 bits per heavy atom. The number of aromatic amines is 1. The van der Waals surface area contributed by atoms with Gasteiger partial charge in [0.05, 0.1) is 27.9 Å². The van der Waals surface area contributed by atoms with Gasteiger partial charge in [-0.25, -0.2) is 4.98 Å². The lowest BCUT2D eigenvalue weighted by Crippen LogP contribution is -1.98. The van der Waals surface area contributed by atoms with Crippen LogP contribution in [0, 0.1) is 6.92 Å². The second-order valence-electron chi connectivity index (χ2n) is 8.13. The van der Waals surface area contributed by atoms with E-state index in [-0.39, 0.29) is 0 Å². The van der Waals surface area contributed by atoms with E-state index in [0.717, 1.165) is 61.0 Å². The minimum absolute atomic E-state index is 0.399. The fraction of sp³-hybridized carbons (Fsp3) is 0.0714. The first kappa shape index (κ1) is 19.8. The molecule has 3 aromatic carbocycles. The second kappa shape index (κ2) is 7.91. The molecule has 0 aliphatic carbocycles. The summed E-state index contributed by atoms with van der Waals surface area (Å²) in [5.41, 5.74) is 6.96. The van der Waals surface area contributed by atoms with Gasteiger partial charge >= 0.3 is 0 Å². The molecule has 6 aromatic rings. The van der Waals surface area contributed by atoms with Crippen molar-refractivity contribution in [2.24, 2.45) is 0 Å². The Hall–Kier alpha value is -3.89. The molecular weight excluding hydrogens is 430 g/mol. The fourth-order valence-corrected chi connectivity index (χ4v) is 4.57. The molecule has 0 fully saturated rings. The van der Waals surface area contributed by atoms with Gasteiger partial charge in [-0.2, -0.15) is 0 Å². The molecule has 3 aromatic heterocycles. The van der Waals surface area contributed by atoms with E-state index in [4.69, 9.17) is 21.3 Å². The third-order valence-corrected chi connectivity index (χ3v) is 6.19. The highest BCUT2D eigenvalue weighted by atomic mass is 35.5. The number of benzene rings is 3. The number of rotatable bonds is 4. The lowest BCUT2D eigenvalue weighted by Gasteiger charge is -2.10. The molecule has 0 bridgehead atoms. The number of fused-ring (bicyclic) bond motifs is 4. The van der Waals surface area contributed by atoms with Crippen LogP contribution >= 0.6 is 11.6 Å². The molecular formula is C28H20ClN3O. The van der Waals surface area contributed by atoms with Crippen LogP contribution in [0.3, 0.4) is 0 Å². The molecule has 0 atom stereocenters.